The van der Waals surface area contributed by atoms with E-state index >= 15 is 0 Å². The summed E-state index contributed by atoms with van der Waals surface area (Å²) in [5.41, 5.74) is 1.58. The van der Waals surface area contributed by atoms with Gasteiger partial charge in [0.15, 0.2) is 11.3 Å². The van der Waals surface area contributed by atoms with Gasteiger partial charge in [0, 0.05) is 25.0 Å². The van der Waals surface area contributed by atoms with Crippen molar-refractivity contribution in [2.75, 3.05) is 38.4 Å². The fourth-order valence-electron chi connectivity index (χ4n) is 9.48. The Morgan fingerprint density at radius 2 is 0.889 bits per heavy atom. The van der Waals surface area contributed by atoms with Crippen LogP contribution < -0.4 is 24.3 Å². The zero-order chi connectivity index (χ0) is 65.1. The summed E-state index contributed by atoms with van der Waals surface area (Å²) in [5.74, 6) is -6.97. The Bertz CT molecular complexity index is 3210. The number of hydrogen-bond acceptors (Lipinski definition) is 25. The van der Waals surface area contributed by atoms with Crippen molar-refractivity contribution >= 4 is 77.1 Å². The number of fused-ring (bicyclic) bond motifs is 1. The monoisotopic (exact) mass is 1260 g/mol. The number of nitriles is 2. The van der Waals surface area contributed by atoms with E-state index in [0.717, 1.165) is 35.0 Å². The second kappa shape index (κ2) is 35.6. The van der Waals surface area contributed by atoms with Crippen molar-refractivity contribution in [2.45, 2.75) is 134 Å². The molecule has 0 radical (unpaired) electrons. The predicted molar refractivity (Wildman–Crippen MR) is 317 cm³/mol. The first-order valence-corrected chi connectivity index (χ1v) is 30.2. The molecular formula is C65H71N3O21S. The normalized spacial score (nSPS) is 17.4. The summed E-state index contributed by atoms with van der Waals surface area (Å²) in [4.78, 5) is 125. The van der Waals surface area contributed by atoms with Gasteiger partial charge < -0.3 is 57.4 Å². The van der Waals surface area contributed by atoms with Crippen LogP contribution in [-0.4, -0.2) is 111 Å². The SMILES string of the molecule is C=CC(=O)OCC(C)OC(=O)CCC(=O)OCCc1ccc(OC(=O)[C@H]2CC[C@H](C(=O)Oc3ccc(OC(=O)[C@H]4CC[C@H](C(=O)Oc5ccc(CCOC(=O)CCC(=O)OCC(C)OC(C)COC(=O)C=C)cc5)CC4)c4c3SC(=C(C#N)C#N)N4)CC2)cc1. The predicted octanol–water partition coefficient (Wildman–Crippen LogP) is 8.56. The second-order valence-electron chi connectivity index (χ2n) is 21.3. The number of anilines is 1. The summed E-state index contributed by atoms with van der Waals surface area (Å²) in [6.45, 7) is 11.4. The summed E-state index contributed by atoms with van der Waals surface area (Å²) in [5, 5.41) is 22.5. The molecule has 0 aromatic heterocycles. The smallest absolute Gasteiger partial charge is 0.330 e. The number of carbonyl (C=O) groups excluding carboxylic acids is 10. The van der Waals surface area contributed by atoms with Crippen LogP contribution >= 0.6 is 11.8 Å². The lowest BCUT2D eigenvalue weighted by Gasteiger charge is -2.26. The first kappa shape index (κ1) is 69.8. The van der Waals surface area contributed by atoms with E-state index in [1.807, 2.05) is 12.1 Å². The van der Waals surface area contributed by atoms with Crippen LogP contribution in [0.3, 0.4) is 0 Å². The number of nitrogens with one attached hydrogen (secondary N) is 1. The summed E-state index contributed by atoms with van der Waals surface area (Å²) >= 11 is 0.972. The Labute approximate surface area is 524 Å². The lowest BCUT2D eigenvalue weighted by atomic mass is 9.82. The highest BCUT2D eigenvalue weighted by molar-refractivity contribution is 8.03. The van der Waals surface area contributed by atoms with Gasteiger partial charge in [-0.05, 0) is 120 Å². The van der Waals surface area contributed by atoms with Crippen LogP contribution in [0.1, 0.15) is 109 Å². The van der Waals surface area contributed by atoms with Crippen LogP contribution in [0, 0.1) is 46.3 Å². The maximum absolute atomic E-state index is 13.7. The molecule has 1 N–H and O–H groups in total. The maximum atomic E-state index is 13.7. The third-order valence-corrected chi connectivity index (χ3v) is 15.5. The number of esters is 10. The molecule has 3 aromatic carbocycles. The van der Waals surface area contributed by atoms with E-state index < -0.39 is 102 Å². The van der Waals surface area contributed by atoms with Gasteiger partial charge in [0.1, 0.15) is 66.0 Å². The topological polar surface area (TPSA) is 332 Å². The van der Waals surface area contributed by atoms with Gasteiger partial charge in [0.2, 0.25) is 0 Å². The van der Waals surface area contributed by atoms with E-state index in [9.17, 15) is 58.5 Å². The third-order valence-electron chi connectivity index (χ3n) is 14.4. The highest BCUT2D eigenvalue weighted by Crippen LogP contribution is 2.52. The minimum absolute atomic E-state index is 0.0104. The van der Waals surface area contributed by atoms with Crippen molar-refractivity contribution in [1.29, 1.82) is 10.5 Å². The van der Waals surface area contributed by atoms with E-state index in [2.05, 4.69) is 18.5 Å². The Balaban J connectivity index is 0.885. The largest absolute Gasteiger partial charge is 0.465 e. The molecule has 0 saturated heterocycles. The number of hydrogen-bond donors (Lipinski definition) is 1. The molecule has 3 aliphatic rings. The second-order valence-corrected chi connectivity index (χ2v) is 22.4. The fraction of sp³-hybridized carbons (Fsp3) is 0.446. The first-order chi connectivity index (χ1) is 43.2. The van der Waals surface area contributed by atoms with Crippen LogP contribution in [0.15, 0.2) is 101 Å². The molecule has 3 aromatic rings. The van der Waals surface area contributed by atoms with Gasteiger partial charge in [0.05, 0.1) is 79.7 Å². The Hall–Kier alpha value is -9.33. The van der Waals surface area contributed by atoms with Crippen LogP contribution in [0.25, 0.3) is 0 Å². The molecule has 2 saturated carbocycles. The minimum atomic E-state index is -0.701. The zero-order valence-corrected chi connectivity index (χ0v) is 51.0. The Morgan fingerprint density at radius 1 is 0.511 bits per heavy atom. The van der Waals surface area contributed by atoms with E-state index in [-0.39, 0.29) is 86.5 Å². The van der Waals surface area contributed by atoms with Gasteiger partial charge >= 0.3 is 59.7 Å². The number of carbonyl (C=O) groups is 10. The van der Waals surface area contributed by atoms with Crippen molar-refractivity contribution in [3.8, 4) is 35.1 Å². The Kier molecular flexibility index (Phi) is 27.6. The van der Waals surface area contributed by atoms with E-state index in [1.165, 1.54) is 12.1 Å². The lowest BCUT2D eigenvalue weighted by molar-refractivity contribution is -0.157. The standard InChI is InChI=1S/C65H71N3O21S/c1-6-53(69)81-36-39(3)84-40(4)37-83-57(73)27-26-55(71)79-32-30-42-8-20-49(21-9-42)86-62(75)44-12-16-46(17-13-44)64(77)88-51-24-25-52(60-59(51)68-61(90-60)48(34-66)35-67)89-65(78)47-18-14-45(15-19-47)63(76)87-50-22-10-43(11-23-50)31-33-80-56(72)28-29-58(74)85-41(5)38-82-54(70)7-2/h6-11,20-25,39-41,44-47,68H,1-2,12-19,26-33,36-38H2,3-5H3/t39?,40?,41?,44-,45-,46-,47-. The average molecular weight is 1260 g/mol. The van der Waals surface area contributed by atoms with Crippen LogP contribution in [0.2, 0.25) is 0 Å². The molecule has 90 heavy (non-hydrogen) atoms. The number of rotatable bonds is 31. The quantitative estimate of drug-likeness (QED) is 0.0207. The number of allylic oxidation sites excluding steroid dienone is 1. The molecule has 6 rings (SSSR count). The van der Waals surface area contributed by atoms with Crippen molar-refractivity contribution in [2.24, 2.45) is 23.7 Å². The molecular weight excluding hydrogens is 1190 g/mol. The van der Waals surface area contributed by atoms with Gasteiger partial charge in [-0.25, -0.2) is 9.59 Å². The summed E-state index contributed by atoms with van der Waals surface area (Å²) in [6.07, 6.45) is 3.06. The molecule has 0 spiro atoms. The number of benzene rings is 3. The molecule has 24 nitrogen and oxygen atoms in total. The van der Waals surface area contributed by atoms with Gasteiger partial charge in [-0.1, -0.05) is 49.2 Å². The van der Waals surface area contributed by atoms with Crippen molar-refractivity contribution in [1.82, 2.24) is 0 Å². The van der Waals surface area contributed by atoms with Crippen LogP contribution in [0.5, 0.6) is 23.0 Å². The summed E-state index contributed by atoms with van der Waals surface area (Å²) in [7, 11) is 0. The van der Waals surface area contributed by atoms with E-state index in [0.29, 0.717) is 80.6 Å². The van der Waals surface area contributed by atoms with Crippen molar-refractivity contribution < 1.29 is 100 Å². The van der Waals surface area contributed by atoms with Crippen molar-refractivity contribution in [3.63, 3.8) is 0 Å². The highest BCUT2D eigenvalue weighted by atomic mass is 32.2. The zero-order valence-electron chi connectivity index (χ0n) is 50.2. The molecule has 3 unspecified atom stereocenters. The molecule has 3 atom stereocenters. The lowest BCUT2D eigenvalue weighted by Crippen LogP contribution is -2.30. The molecule has 2 fully saturated rings. The number of ether oxygens (including phenoxy) is 11. The van der Waals surface area contributed by atoms with E-state index in [4.69, 9.17) is 52.1 Å². The molecule has 478 valence electrons. The summed E-state index contributed by atoms with van der Waals surface area (Å²) in [6, 6.07) is 20.0. The van der Waals surface area contributed by atoms with Crippen molar-refractivity contribution in [3.05, 3.63) is 108 Å². The minimum Gasteiger partial charge on any atom is -0.465 e. The van der Waals surface area contributed by atoms with Gasteiger partial charge in [-0.2, -0.15) is 10.5 Å². The molecule has 0 amide bonds. The average Bonchev–Trinajstić information content (AvgIpc) is 1.65. The van der Waals surface area contributed by atoms with Gasteiger partial charge in [-0.15, -0.1) is 0 Å². The van der Waals surface area contributed by atoms with Gasteiger partial charge in [-0.3, -0.25) is 38.4 Å². The summed E-state index contributed by atoms with van der Waals surface area (Å²) < 4.78 is 59.3. The third kappa shape index (κ3) is 22.7. The number of nitrogens with zero attached hydrogens (tertiary/aromatic N) is 2. The molecule has 0 bridgehead atoms. The Morgan fingerprint density at radius 3 is 1.32 bits per heavy atom. The van der Waals surface area contributed by atoms with E-state index in [1.54, 1.807) is 69.3 Å². The molecule has 25 heteroatoms. The molecule has 1 heterocycles. The van der Waals surface area contributed by atoms with Crippen LogP contribution in [-0.2, 0) is 93.9 Å². The molecule has 2 aliphatic carbocycles. The maximum Gasteiger partial charge on any atom is 0.330 e. The first-order valence-electron chi connectivity index (χ1n) is 29.4. The fourth-order valence-corrected chi connectivity index (χ4v) is 10.5. The molecule has 1 aliphatic heterocycles. The van der Waals surface area contributed by atoms with Crippen LogP contribution in [0.4, 0.5) is 5.69 Å². The van der Waals surface area contributed by atoms with Gasteiger partial charge in [0.25, 0.3) is 0 Å². The highest BCUT2D eigenvalue weighted by Gasteiger charge is 2.37. The number of thioether (sulfide) groups is 1.